The first-order valence-electron chi connectivity index (χ1n) is 25.7. The standard InChI is InChI=1S/C48H86N16O13/c1-25(2)23-35(45(73)59-32(14-20-52)42(70)58-34(16-22-54)44(72)64-38(27(4)66)48(76)77)61-46(74)36(24-28-9-6-5-7-10-28)62-43(71)33(15-21-53)57-41(69)31(13-19-51)56-40(68)30(11-8-17-49)60-47(75)37(26(3)65)63-39(67)29(55)12-18-50/h5-7,9-10,25-27,29-38,65-66H,8,11-24,49-55H2,1-4H3,(H,56,68)(H,57,69)(H,58,70)(H,59,73)(H,60,75)(H,61,74)(H,62,71)(H,63,67)(H,64,72)(H,76,77)/t26-,27-,29+,30+,31+,32+,33+,34+,35+,36-,37+,38+/m1/s1. The molecular formula is C48H86N16O13. The van der Waals surface area contributed by atoms with Gasteiger partial charge in [0.15, 0.2) is 6.04 Å². The van der Waals surface area contributed by atoms with Crippen LogP contribution in [0.25, 0.3) is 0 Å². The lowest BCUT2D eigenvalue weighted by molar-refractivity contribution is -0.145. The molecule has 0 heterocycles. The summed E-state index contributed by atoms with van der Waals surface area (Å²) in [7, 11) is 0. The van der Waals surface area contributed by atoms with Crippen LogP contribution in [0.1, 0.15) is 84.6 Å². The van der Waals surface area contributed by atoms with Crippen molar-refractivity contribution in [2.75, 3.05) is 39.3 Å². The predicted molar refractivity (Wildman–Crippen MR) is 283 cm³/mol. The topological polar surface area (TPSA) is 522 Å². The van der Waals surface area contributed by atoms with E-state index in [-0.39, 0.29) is 103 Å². The van der Waals surface area contributed by atoms with Gasteiger partial charge in [-0.15, -0.1) is 0 Å². The van der Waals surface area contributed by atoms with E-state index in [1.54, 1.807) is 44.2 Å². The SMILES string of the molecule is CC(C)C[C@H](NC(=O)[C@@H](Cc1ccccc1)NC(=O)[C@H](CCN)NC(=O)[C@H](CCN)NC(=O)[C@H](CCCN)NC(=O)[C@@H](NC(=O)[C@@H](N)CCN)[C@@H](C)O)C(=O)N[C@@H](CCN)C(=O)N[C@@H](CCN)C(=O)N[C@H](C(=O)O)[C@@H](C)O. The van der Waals surface area contributed by atoms with Crippen molar-refractivity contribution < 1.29 is 63.3 Å². The number of carbonyl (C=O) groups excluding carboxylic acids is 9. The van der Waals surface area contributed by atoms with E-state index in [0.717, 1.165) is 6.92 Å². The van der Waals surface area contributed by atoms with Crippen molar-refractivity contribution in [1.29, 1.82) is 0 Å². The highest BCUT2D eigenvalue weighted by atomic mass is 16.4. The normalized spacial score (nSPS) is 15.9. The smallest absolute Gasteiger partial charge is 0.328 e. The van der Waals surface area contributed by atoms with Gasteiger partial charge in [-0.05, 0) is 116 Å². The lowest BCUT2D eigenvalue weighted by Gasteiger charge is -2.29. The molecule has 0 saturated heterocycles. The summed E-state index contributed by atoms with van der Waals surface area (Å²) in [5, 5.41) is 52.2. The fourth-order valence-corrected chi connectivity index (χ4v) is 7.61. The largest absolute Gasteiger partial charge is 0.480 e. The van der Waals surface area contributed by atoms with Gasteiger partial charge in [0.25, 0.3) is 0 Å². The number of carboxylic acid groups (broad SMARTS) is 1. The lowest BCUT2D eigenvalue weighted by atomic mass is 10.00. The highest BCUT2D eigenvalue weighted by Crippen LogP contribution is 2.11. The van der Waals surface area contributed by atoms with Gasteiger partial charge in [-0.2, -0.15) is 0 Å². The molecule has 1 aromatic rings. The van der Waals surface area contributed by atoms with Gasteiger partial charge in [-0.25, -0.2) is 4.79 Å². The van der Waals surface area contributed by atoms with Crippen LogP contribution in [0, 0.1) is 5.92 Å². The third-order valence-corrected chi connectivity index (χ3v) is 11.9. The maximum Gasteiger partial charge on any atom is 0.328 e. The van der Waals surface area contributed by atoms with E-state index in [0.29, 0.717) is 5.56 Å². The summed E-state index contributed by atoms with van der Waals surface area (Å²) in [5.41, 5.74) is 40.8. The van der Waals surface area contributed by atoms with Gasteiger partial charge in [0.05, 0.1) is 18.2 Å². The zero-order chi connectivity index (χ0) is 58.4. The van der Waals surface area contributed by atoms with Crippen molar-refractivity contribution in [3.8, 4) is 0 Å². The maximum atomic E-state index is 14.3. The second-order valence-electron chi connectivity index (χ2n) is 19.0. The number of hydrogen-bond acceptors (Lipinski definition) is 19. The van der Waals surface area contributed by atoms with E-state index in [2.05, 4.69) is 47.9 Å². The molecule has 12 atom stereocenters. The van der Waals surface area contributed by atoms with Crippen LogP contribution >= 0.6 is 0 Å². The van der Waals surface area contributed by atoms with E-state index in [1.165, 1.54) is 6.92 Å². The minimum Gasteiger partial charge on any atom is -0.480 e. The van der Waals surface area contributed by atoms with Crippen LogP contribution in [0.3, 0.4) is 0 Å². The summed E-state index contributed by atoms with van der Waals surface area (Å²) in [5.74, 6) is -9.67. The molecule has 26 N–H and O–H groups in total. The minimum atomic E-state index is -1.71. The molecule has 0 spiro atoms. The molecule has 29 nitrogen and oxygen atoms in total. The van der Waals surface area contributed by atoms with Gasteiger partial charge in [0, 0.05) is 6.42 Å². The summed E-state index contributed by atoms with van der Waals surface area (Å²) in [6.07, 6.45) is -3.41. The van der Waals surface area contributed by atoms with Crippen LogP contribution < -0.4 is 88.0 Å². The number of carbonyl (C=O) groups is 10. The Labute approximate surface area is 448 Å². The predicted octanol–water partition coefficient (Wildman–Crippen LogP) is -7.71. The van der Waals surface area contributed by atoms with E-state index in [1.807, 2.05) is 0 Å². The number of benzene rings is 1. The molecular weight excluding hydrogens is 1010 g/mol. The van der Waals surface area contributed by atoms with Crippen molar-refractivity contribution in [1.82, 2.24) is 47.9 Å². The monoisotopic (exact) mass is 1090 g/mol. The summed E-state index contributed by atoms with van der Waals surface area (Å²) in [6, 6.07) is -5.49. The Bertz CT molecular complexity index is 2050. The number of aliphatic carboxylic acids is 1. The Hall–Kier alpha value is -6.44. The first kappa shape index (κ1) is 68.6. The molecule has 1 aromatic carbocycles. The Morgan fingerprint density at radius 3 is 1.13 bits per heavy atom. The number of nitrogens with two attached hydrogens (primary N) is 7. The fraction of sp³-hybridized carbons (Fsp3) is 0.667. The lowest BCUT2D eigenvalue weighted by Crippen LogP contribution is -2.61. The Balaban J connectivity index is 3.47. The highest BCUT2D eigenvalue weighted by molar-refractivity contribution is 5.98. The van der Waals surface area contributed by atoms with Crippen LogP contribution in [0.2, 0.25) is 0 Å². The quantitative estimate of drug-likeness (QED) is 0.0292. The number of nitrogens with one attached hydrogen (secondary N) is 9. The molecule has 1 rings (SSSR count). The number of rotatable bonds is 38. The van der Waals surface area contributed by atoms with Crippen LogP contribution in [0.4, 0.5) is 0 Å². The number of aliphatic hydroxyl groups excluding tert-OH is 2. The van der Waals surface area contributed by atoms with Crippen molar-refractivity contribution in [3.63, 3.8) is 0 Å². The van der Waals surface area contributed by atoms with Gasteiger partial charge in [0.2, 0.25) is 53.2 Å². The van der Waals surface area contributed by atoms with Crippen molar-refractivity contribution in [2.24, 2.45) is 46.1 Å². The molecule has 0 bridgehead atoms. The molecule has 0 fully saturated rings. The second-order valence-corrected chi connectivity index (χ2v) is 19.0. The molecule has 9 amide bonds. The molecule has 0 aromatic heterocycles. The average molecular weight is 1100 g/mol. The summed E-state index contributed by atoms with van der Waals surface area (Å²) < 4.78 is 0. The molecule has 77 heavy (non-hydrogen) atoms. The van der Waals surface area contributed by atoms with Gasteiger partial charge < -0.3 is 103 Å². The average Bonchev–Trinajstić information content (AvgIpc) is 3.36. The molecule has 0 radical (unpaired) electrons. The Morgan fingerprint density at radius 1 is 0.416 bits per heavy atom. The molecule has 0 aliphatic rings. The molecule has 0 unspecified atom stereocenters. The summed E-state index contributed by atoms with van der Waals surface area (Å²) in [4.78, 5) is 135. The van der Waals surface area contributed by atoms with Gasteiger partial charge >= 0.3 is 5.97 Å². The van der Waals surface area contributed by atoms with Gasteiger partial charge in [-0.3, -0.25) is 43.2 Å². The third kappa shape index (κ3) is 25.1. The molecule has 0 aliphatic carbocycles. The number of amides is 9. The maximum absolute atomic E-state index is 14.3. The first-order chi connectivity index (χ1) is 36.4. The summed E-state index contributed by atoms with van der Waals surface area (Å²) in [6.45, 7) is 5.55. The summed E-state index contributed by atoms with van der Waals surface area (Å²) >= 11 is 0. The van der Waals surface area contributed by atoms with E-state index >= 15 is 0 Å². The highest BCUT2D eigenvalue weighted by Gasteiger charge is 2.36. The van der Waals surface area contributed by atoms with Crippen molar-refractivity contribution in [2.45, 2.75) is 158 Å². The van der Waals surface area contributed by atoms with E-state index in [9.17, 15) is 63.3 Å². The zero-order valence-electron chi connectivity index (χ0n) is 44.5. The fourth-order valence-electron chi connectivity index (χ4n) is 7.61. The number of hydrogen-bond donors (Lipinski definition) is 19. The van der Waals surface area contributed by atoms with E-state index < -0.39 is 132 Å². The van der Waals surface area contributed by atoms with Crippen molar-refractivity contribution in [3.05, 3.63) is 35.9 Å². The van der Waals surface area contributed by atoms with Gasteiger partial charge in [-0.1, -0.05) is 44.2 Å². The van der Waals surface area contributed by atoms with Crippen molar-refractivity contribution >= 4 is 59.1 Å². The molecule has 29 heteroatoms. The first-order valence-corrected chi connectivity index (χ1v) is 25.7. The van der Waals surface area contributed by atoms with Crippen LogP contribution in [0.15, 0.2) is 30.3 Å². The Morgan fingerprint density at radius 2 is 0.753 bits per heavy atom. The van der Waals surface area contributed by atoms with Crippen LogP contribution in [-0.2, 0) is 54.4 Å². The van der Waals surface area contributed by atoms with E-state index in [4.69, 9.17) is 40.1 Å². The van der Waals surface area contributed by atoms with Crippen LogP contribution in [0.5, 0.6) is 0 Å². The number of aliphatic hydroxyl groups is 2. The second kappa shape index (κ2) is 36.6. The number of carboxylic acids is 1. The van der Waals surface area contributed by atoms with Gasteiger partial charge in [0.1, 0.15) is 48.3 Å². The van der Waals surface area contributed by atoms with Crippen LogP contribution in [-0.4, -0.2) is 186 Å². The molecule has 0 aliphatic heterocycles. The molecule has 436 valence electrons. The zero-order valence-corrected chi connectivity index (χ0v) is 44.5. The minimum absolute atomic E-state index is 0.0210. The third-order valence-electron chi connectivity index (χ3n) is 11.9. The molecule has 0 saturated carbocycles. The Kier molecular flexibility index (Phi) is 32.6.